The van der Waals surface area contributed by atoms with E-state index in [1.807, 2.05) is 0 Å². The van der Waals surface area contributed by atoms with Crippen LogP contribution in [0.15, 0.2) is 12.2 Å². The van der Waals surface area contributed by atoms with Crippen molar-refractivity contribution in [2.24, 2.45) is 0 Å². The Morgan fingerprint density at radius 2 is 0.906 bits per heavy atom. The molecule has 0 aromatic carbocycles. The van der Waals surface area contributed by atoms with Crippen LogP contribution in [0.1, 0.15) is 103 Å². The van der Waals surface area contributed by atoms with Crippen LogP contribution < -0.4 is 0 Å². The van der Waals surface area contributed by atoms with E-state index in [1.165, 1.54) is 70.6 Å². The summed E-state index contributed by atoms with van der Waals surface area (Å²) in [6.07, 6.45) is 22.1. The van der Waals surface area contributed by atoms with E-state index in [9.17, 15) is 14.4 Å². The number of carboxylic acids is 3. The summed E-state index contributed by atoms with van der Waals surface area (Å²) in [5.41, 5.74) is 0. The Balaban J connectivity index is 3.84. The first-order chi connectivity index (χ1) is 15.3. The molecule has 0 unspecified atom stereocenters. The van der Waals surface area contributed by atoms with Gasteiger partial charge < -0.3 is 15.3 Å². The number of hydrogen-bond donors (Lipinski definition) is 3. The Kier molecular flexibility index (Phi) is 18.6. The number of aliphatic carboxylic acids is 3. The minimum atomic E-state index is -1.17. The van der Waals surface area contributed by atoms with Crippen molar-refractivity contribution in [3.05, 3.63) is 12.2 Å². The van der Waals surface area contributed by atoms with Crippen LogP contribution in [-0.2, 0) is 14.4 Å². The lowest BCUT2D eigenvalue weighted by molar-refractivity contribution is -0.907. The van der Waals surface area contributed by atoms with Crippen LogP contribution in [-0.4, -0.2) is 63.9 Å². The molecule has 0 heterocycles. The lowest BCUT2D eigenvalue weighted by atomic mass is 10.1. The highest BCUT2D eigenvalue weighted by Gasteiger charge is 2.35. The van der Waals surface area contributed by atoms with Crippen molar-refractivity contribution in [2.45, 2.75) is 103 Å². The molecule has 0 spiro atoms. The van der Waals surface area contributed by atoms with Gasteiger partial charge in [-0.05, 0) is 38.5 Å². The molecular formula is C25H46NO6+. The van der Waals surface area contributed by atoms with Crippen LogP contribution in [0.2, 0.25) is 0 Å². The molecule has 0 saturated carbocycles. The summed E-state index contributed by atoms with van der Waals surface area (Å²) in [5.74, 6) is -3.51. The molecule has 0 atom stereocenters. The maximum Gasteiger partial charge on any atom is 0.359 e. The highest BCUT2D eigenvalue weighted by Crippen LogP contribution is 2.14. The monoisotopic (exact) mass is 456 g/mol. The van der Waals surface area contributed by atoms with Crippen molar-refractivity contribution in [1.82, 2.24) is 0 Å². The molecule has 3 N–H and O–H groups in total. The van der Waals surface area contributed by atoms with Crippen LogP contribution >= 0.6 is 0 Å². The molecule has 7 heteroatoms. The summed E-state index contributed by atoms with van der Waals surface area (Å²) >= 11 is 0. The maximum absolute atomic E-state index is 11.2. The third kappa shape index (κ3) is 18.8. The molecule has 0 aromatic heterocycles. The average molecular weight is 457 g/mol. The van der Waals surface area contributed by atoms with E-state index in [0.717, 1.165) is 19.3 Å². The predicted molar refractivity (Wildman–Crippen MR) is 127 cm³/mol. The van der Waals surface area contributed by atoms with E-state index in [4.69, 9.17) is 15.3 Å². The Hall–Kier alpha value is -1.89. The van der Waals surface area contributed by atoms with Gasteiger partial charge in [0.25, 0.3) is 0 Å². The molecule has 0 aromatic rings. The van der Waals surface area contributed by atoms with Crippen LogP contribution in [0.4, 0.5) is 0 Å². The second-order valence-corrected chi connectivity index (χ2v) is 9.01. The van der Waals surface area contributed by atoms with E-state index in [2.05, 4.69) is 19.1 Å². The van der Waals surface area contributed by atoms with E-state index in [-0.39, 0.29) is 6.54 Å². The summed E-state index contributed by atoms with van der Waals surface area (Å²) in [5, 5.41) is 27.3. The van der Waals surface area contributed by atoms with Gasteiger partial charge in [0.15, 0.2) is 19.6 Å². The molecular weight excluding hydrogens is 410 g/mol. The second kappa shape index (κ2) is 19.8. The number of rotatable bonds is 23. The summed E-state index contributed by atoms with van der Waals surface area (Å²) in [4.78, 5) is 33.5. The minimum absolute atomic E-state index is 0.261. The highest BCUT2D eigenvalue weighted by molar-refractivity contribution is 5.73. The number of carboxylic acid groups (broad SMARTS) is 3. The topological polar surface area (TPSA) is 112 Å². The first-order valence-electron chi connectivity index (χ1n) is 12.5. The second-order valence-electron chi connectivity index (χ2n) is 9.01. The van der Waals surface area contributed by atoms with Crippen molar-refractivity contribution < 1.29 is 34.2 Å². The van der Waals surface area contributed by atoms with Crippen molar-refractivity contribution in [3.63, 3.8) is 0 Å². The average Bonchev–Trinajstić information content (AvgIpc) is 2.68. The molecule has 0 aliphatic carbocycles. The fraction of sp³-hybridized carbons (Fsp3) is 0.800. The number of nitrogens with zero attached hydrogens (tertiary/aromatic N) is 1. The number of carbonyl (C=O) groups is 3. The zero-order valence-corrected chi connectivity index (χ0v) is 20.1. The summed E-state index contributed by atoms with van der Waals surface area (Å²) < 4.78 is -0.437. The SMILES string of the molecule is CCCCCC/C=C/CCCCCCCCCCC[N+](CC(=O)O)(CC(=O)O)CC(=O)O. The molecule has 32 heavy (non-hydrogen) atoms. The third-order valence-electron chi connectivity index (χ3n) is 5.81. The Morgan fingerprint density at radius 3 is 1.28 bits per heavy atom. The molecule has 0 aliphatic heterocycles. The molecule has 7 nitrogen and oxygen atoms in total. The van der Waals surface area contributed by atoms with Crippen LogP contribution in [0.25, 0.3) is 0 Å². The number of hydrogen-bond acceptors (Lipinski definition) is 3. The first-order valence-corrected chi connectivity index (χ1v) is 12.5. The molecule has 0 aliphatic rings. The highest BCUT2D eigenvalue weighted by atomic mass is 16.4. The van der Waals surface area contributed by atoms with Gasteiger partial charge in [0.05, 0.1) is 6.54 Å². The first kappa shape index (κ1) is 30.1. The zero-order chi connectivity index (χ0) is 24.1. The van der Waals surface area contributed by atoms with Gasteiger partial charge in [0.1, 0.15) is 0 Å². The fourth-order valence-electron chi connectivity index (χ4n) is 4.14. The van der Waals surface area contributed by atoms with E-state index in [1.54, 1.807) is 0 Å². The van der Waals surface area contributed by atoms with Crippen LogP contribution in [0.3, 0.4) is 0 Å². The largest absolute Gasteiger partial charge is 0.477 e. The normalized spacial score (nSPS) is 11.8. The number of allylic oxidation sites excluding steroid dienone is 2. The number of unbranched alkanes of at least 4 members (excludes halogenated alkanes) is 13. The Bertz CT molecular complexity index is 506. The van der Waals surface area contributed by atoms with E-state index < -0.39 is 42.0 Å². The Labute approximate surface area is 194 Å². The van der Waals surface area contributed by atoms with Crippen LogP contribution in [0, 0.1) is 0 Å². The van der Waals surface area contributed by atoms with Crippen LogP contribution in [0.5, 0.6) is 0 Å². The molecule has 0 fully saturated rings. The molecule has 186 valence electrons. The van der Waals surface area contributed by atoms with Gasteiger partial charge >= 0.3 is 17.9 Å². The van der Waals surface area contributed by atoms with Crippen molar-refractivity contribution in [2.75, 3.05) is 26.2 Å². The van der Waals surface area contributed by atoms with Crippen molar-refractivity contribution >= 4 is 17.9 Å². The lowest BCUT2D eigenvalue weighted by Gasteiger charge is -2.34. The quantitative estimate of drug-likeness (QED) is 0.107. The van der Waals surface area contributed by atoms with Gasteiger partial charge in [-0.25, -0.2) is 14.4 Å². The van der Waals surface area contributed by atoms with Gasteiger partial charge in [-0.3, -0.25) is 4.48 Å². The van der Waals surface area contributed by atoms with Crippen molar-refractivity contribution in [3.8, 4) is 0 Å². The molecule has 0 radical (unpaired) electrons. The summed E-state index contributed by atoms with van der Waals surface area (Å²) in [7, 11) is 0. The van der Waals surface area contributed by atoms with Gasteiger partial charge in [0, 0.05) is 0 Å². The Morgan fingerprint density at radius 1 is 0.562 bits per heavy atom. The summed E-state index contributed by atoms with van der Waals surface area (Å²) in [6.45, 7) is 1.06. The molecule has 0 rings (SSSR count). The van der Waals surface area contributed by atoms with Gasteiger partial charge in [0.2, 0.25) is 0 Å². The summed E-state index contributed by atoms with van der Waals surface area (Å²) in [6, 6.07) is 0. The van der Waals surface area contributed by atoms with Gasteiger partial charge in [-0.1, -0.05) is 76.9 Å². The number of quaternary nitrogens is 1. The fourth-order valence-corrected chi connectivity index (χ4v) is 4.14. The van der Waals surface area contributed by atoms with Gasteiger partial charge in [-0.15, -0.1) is 0 Å². The van der Waals surface area contributed by atoms with Gasteiger partial charge in [-0.2, -0.15) is 0 Å². The van der Waals surface area contributed by atoms with Crippen molar-refractivity contribution in [1.29, 1.82) is 0 Å². The predicted octanol–water partition coefficient (Wildman–Crippen LogP) is 5.48. The lowest BCUT2D eigenvalue weighted by Crippen LogP contribution is -2.57. The zero-order valence-electron chi connectivity index (χ0n) is 20.1. The van der Waals surface area contributed by atoms with E-state index in [0.29, 0.717) is 6.42 Å². The molecule has 0 bridgehead atoms. The minimum Gasteiger partial charge on any atom is -0.477 e. The standard InChI is InChI=1S/C25H45NO6/c1-2-3-4-5-6-7-8-9-10-11-12-13-14-15-16-17-18-19-26(20-23(27)28,21-24(29)30)22-25(31)32/h7-8H,2-6,9-22H2,1H3,(H2-,27,28,29,30,31,32)/p+1/b8-7+. The molecule has 0 amide bonds. The molecule has 0 saturated heterocycles. The maximum atomic E-state index is 11.2. The third-order valence-corrected chi connectivity index (χ3v) is 5.81. The van der Waals surface area contributed by atoms with E-state index >= 15 is 0 Å². The smallest absolute Gasteiger partial charge is 0.359 e.